The lowest BCUT2D eigenvalue weighted by Crippen LogP contribution is -2.32. The van der Waals surface area contributed by atoms with Gasteiger partial charge in [-0.2, -0.15) is 0 Å². The van der Waals surface area contributed by atoms with E-state index >= 15 is 0 Å². The fraction of sp³-hybridized carbons (Fsp3) is 0.900. The van der Waals surface area contributed by atoms with Crippen molar-refractivity contribution in [3.8, 4) is 0 Å². The smallest absolute Gasteiger partial charge is 0.232 e. The van der Waals surface area contributed by atoms with Gasteiger partial charge in [-0.15, -0.1) is 11.8 Å². The first-order valence-corrected chi connectivity index (χ1v) is 5.97. The van der Waals surface area contributed by atoms with E-state index in [4.69, 9.17) is 0 Å². The molecule has 0 bridgehead atoms. The average molecular weight is 217 g/mol. The Bertz CT molecular complexity index is 213. The molecule has 0 saturated carbocycles. The number of hydrogen-bond acceptors (Lipinski definition) is 3. The standard InChI is InChI=1S/C10H19NO2S/c1-10(2,3)14-7-9(13)11-5-4-8(12)6-11/h8,12H,4-7H2,1-3H3/t8-/m0/s1. The lowest BCUT2D eigenvalue weighted by Gasteiger charge is -2.20. The van der Waals surface area contributed by atoms with Crippen molar-refractivity contribution in [2.75, 3.05) is 18.8 Å². The van der Waals surface area contributed by atoms with Gasteiger partial charge in [-0.1, -0.05) is 20.8 Å². The molecule has 1 rings (SSSR count). The lowest BCUT2D eigenvalue weighted by atomic mass is 10.3. The van der Waals surface area contributed by atoms with Gasteiger partial charge in [0.15, 0.2) is 0 Å². The number of hydrogen-bond donors (Lipinski definition) is 1. The number of carbonyl (C=O) groups is 1. The van der Waals surface area contributed by atoms with Gasteiger partial charge in [0.1, 0.15) is 0 Å². The number of aliphatic hydroxyl groups excluding tert-OH is 1. The highest BCUT2D eigenvalue weighted by molar-refractivity contribution is 8.01. The van der Waals surface area contributed by atoms with Crippen LogP contribution in [0.1, 0.15) is 27.2 Å². The van der Waals surface area contributed by atoms with Gasteiger partial charge in [-0.25, -0.2) is 0 Å². The van der Waals surface area contributed by atoms with Gasteiger partial charge in [0.2, 0.25) is 5.91 Å². The molecule has 0 unspecified atom stereocenters. The molecular weight excluding hydrogens is 198 g/mol. The lowest BCUT2D eigenvalue weighted by molar-refractivity contribution is -0.127. The Morgan fingerprint density at radius 2 is 2.21 bits per heavy atom. The number of rotatable bonds is 2. The van der Waals surface area contributed by atoms with Crippen molar-refractivity contribution in [3.05, 3.63) is 0 Å². The van der Waals surface area contributed by atoms with Crippen LogP contribution in [0.3, 0.4) is 0 Å². The zero-order chi connectivity index (χ0) is 10.8. The van der Waals surface area contributed by atoms with Crippen LogP contribution in [0, 0.1) is 0 Å². The van der Waals surface area contributed by atoms with Crippen molar-refractivity contribution in [2.24, 2.45) is 0 Å². The van der Waals surface area contributed by atoms with Gasteiger partial charge in [-0.05, 0) is 6.42 Å². The zero-order valence-electron chi connectivity index (χ0n) is 9.12. The van der Waals surface area contributed by atoms with Crippen LogP contribution in [-0.2, 0) is 4.79 Å². The van der Waals surface area contributed by atoms with Crippen LogP contribution in [0.25, 0.3) is 0 Å². The van der Waals surface area contributed by atoms with Crippen molar-refractivity contribution >= 4 is 17.7 Å². The molecule has 4 heteroatoms. The molecule has 1 amide bonds. The molecular formula is C10H19NO2S. The summed E-state index contributed by atoms with van der Waals surface area (Å²) in [7, 11) is 0. The zero-order valence-corrected chi connectivity index (χ0v) is 9.93. The first-order chi connectivity index (χ1) is 6.38. The second kappa shape index (κ2) is 4.53. The fourth-order valence-electron chi connectivity index (χ4n) is 1.34. The predicted octanol–water partition coefficient (Wildman–Crippen LogP) is 1.11. The summed E-state index contributed by atoms with van der Waals surface area (Å²) in [5, 5.41) is 9.28. The van der Waals surface area contributed by atoms with Gasteiger partial charge in [-0.3, -0.25) is 4.79 Å². The van der Waals surface area contributed by atoms with E-state index in [1.807, 2.05) is 0 Å². The third kappa shape index (κ3) is 3.88. The molecule has 3 nitrogen and oxygen atoms in total. The minimum Gasteiger partial charge on any atom is -0.391 e. The maximum atomic E-state index is 11.6. The molecule has 0 aromatic heterocycles. The highest BCUT2D eigenvalue weighted by Gasteiger charge is 2.25. The minimum atomic E-state index is -0.307. The number of amides is 1. The topological polar surface area (TPSA) is 40.5 Å². The second-order valence-electron chi connectivity index (χ2n) is 4.68. The van der Waals surface area contributed by atoms with E-state index in [0.29, 0.717) is 18.8 Å². The first kappa shape index (κ1) is 11.9. The van der Waals surface area contributed by atoms with Crippen molar-refractivity contribution in [1.82, 2.24) is 4.90 Å². The normalized spacial score (nSPS) is 22.9. The van der Waals surface area contributed by atoms with Gasteiger partial charge < -0.3 is 10.0 Å². The van der Waals surface area contributed by atoms with E-state index < -0.39 is 0 Å². The average Bonchev–Trinajstić information content (AvgIpc) is 2.46. The maximum absolute atomic E-state index is 11.6. The van der Waals surface area contributed by atoms with Crippen LogP contribution in [0.4, 0.5) is 0 Å². The number of carbonyl (C=O) groups excluding carboxylic acids is 1. The summed E-state index contributed by atoms with van der Waals surface area (Å²) in [6.07, 6.45) is 0.421. The molecule has 0 radical (unpaired) electrons. The van der Waals surface area contributed by atoms with E-state index in [-0.39, 0.29) is 16.8 Å². The number of β-amino-alcohol motifs (C(OH)–C–C–N with tert-alkyl or cyclic N) is 1. The van der Waals surface area contributed by atoms with Crippen LogP contribution in [-0.4, -0.2) is 45.6 Å². The number of thioether (sulfide) groups is 1. The van der Waals surface area contributed by atoms with Crippen LogP contribution in [0.2, 0.25) is 0 Å². The SMILES string of the molecule is CC(C)(C)SCC(=O)N1CC[C@H](O)C1. The highest BCUT2D eigenvalue weighted by Crippen LogP contribution is 2.23. The monoisotopic (exact) mass is 217 g/mol. The van der Waals surface area contributed by atoms with Gasteiger partial charge in [0.25, 0.3) is 0 Å². The summed E-state index contributed by atoms with van der Waals surface area (Å²) in [5.74, 6) is 0.678. The summed E-state index contributed by atoms with van der Waals surface area (Å²) >= 11 is 1.66. The van der Waals surface area contributed by atoms with E-state index in [9.17, 15) is 9.90 Å². The maximum Gasteiger partial charge on any atom is 0.232 e. The Morgan fingerprint density at radius 1 is 1.57 bits per heavy atom. The minimum absolute atomic E-state index is 0.133. The molecule has 0 aromatic rings. The summed E-state index contributed by atoms with van der Waals surface area (Å²) < 4.78 is 0.133. The first-order valence-electron chi connectivity index (χ1n) is 4.98. The summed E-state index contributed by atoms with van der Waals surface area (Å²) in [6.45, 7) is 7.53. The fourth-order valence-corrected chi connectivity index (χ4v) is 2.08. The van der Waals surface area contributed by atoms with Crippen molar-refractivity contribution in [3.63, 3.8) is 0 Å². The van der Waals surface area contributed by atoms with Crippen molar-refractivity contribution in [1.29, 1.82) is 0 Å². The summed E-state index contributed by atoms with van der Waals surface area (Å²) in [6, 6.07) is 0. The number of aliphatic hydroxyl groups is 1. The van der Waals surface area contributed by atoms with E-state index in [1.165, 1.54) is 0 Å². The molecule has 1 heterocycles. The highest BCUT2D eigenvalue weighted by atomic mass is 32.2. The Kier molecular flexibility index (Phi) is 3.84. The Hall–Kier alpha value is -0.220. The van der Waals surface area contributed by atoms with E-state index in [0.717, 1.165) is 6.42 Å². The molecule has 1 aliphatic rings. The third-order valence-corrected chi connectivity index (χ3v) is 3.40. The molecule has 1 fully saturated rings. The quantitative estimate of drug-likeness (QED) is 0.753. The molecule has 1 saturated heterocycles. The van der Waals surface area contributed by atoms with Crippen LogP contribution in [0.5, 0.6) is 0 Å². The predicted molar refractivity (Wildman–Crippen MR) is 59.4 cm³/mol. The van der Waals surface area contributed by atoms with Gasteiger partial charge >= 0.3 is 0 Å². The molecule has 1 aliphatic heterocycles. The number of likely N-dealkylation sites (tertiary alicyclic amines) is 1. The van der Waals surface area contributed by atoms with Crippen LogP contribution < -0.4 is 0 Å². The Balaban J connectivity index is 2.29. The molecule has 0 spiro atoms. The molecule has 1 atom stereocenters. The molecule has 1 N–H and O–H groups in total. The third-order valence-electron chi connectivity index (χ3n) is 2.14. The molecule has 0 aliphatic carbocycles. The van der Waals surface area contributed by atoms with Crippen molar-refractivity contribution in [2.45, 2.75) is 38.0 Å². The van der Waals surface area contributed by atoms with Gasteiger partial charge in [0, 0.05) is 17.8 Å². The summed E-state index contributed by atoms with van der Waals surface area (Å²) in [5.41, 5.74) is 0. The van der Waals surface area contributed by atoms with Gasteiger partial charge in [0.05, 0.1) is 11.9 Å². The van der Waals surface area contributed by atoms with E-state index in [1.54, 1.807) is 16.7 Å². The molecule has 82 valence electrons. The Labute approximate surface area is 89.9 Å². The van der Waals surface area contributed by atoms with E-state index in [2.05, 4.69) is 20.8 Å². The van der Waals surface area contributed by atoms with Crippen LogP contribution >= 0.6 is 11.8 Å². The number of nitrogens with zero attached hydrogens (tertiary/aromatic N) is 1. The van der Waals surface area contributed by atoms with Crippen LogP contribution in [0.15, 0.2) is 0 Å². The summed E-state index contributed by atoms with van der Waals surface area (Å²) in [4.78, 5) is 13.4. The molecule has 14 heavy (non-hydrogen) atoms. The second-order valence-corrected chi connectivity index (χ2v) is 6.49. The molecule has 0 aromatic carbocycles. The Morgan fingerprint density at radius 3 is 2.64 bits per heavy atom. The largest absolute Gasteiger partial charge is 0.391 e. The van der Waals surface area contributed by atoms with Crippen molar-refractivity contribution < 1.29 is 9.90 Å².